The highest BCUT2D eigenvalue weighted by Crippen LogP contribution is 2.31. The molecule has 0 aromatic heterocycles. The lowest BCUT2D eigenvalue weighted by atomic mass is 9.79. The van der Waals surface area contributed by atoms with Gasteiger partial charge in [-0.2, -0.15) is 0 Å². The number of carbonyl (C=O) groups is 3. The van der Waals surface area contributed by atoms with Crippen molar-refractivity contribution >= 4 is 23.2 Å². The van der Waals surface area contributed by atoms with Crippen molar-refractivity contribution in [2.75, 3.05) is 19.8 Å². The first kappa shape index (κ1) is 22.4. The van der Waals surface area contributed by atoms with Gasteiger partial charge in [-0.15, -0.1) is 0 Å². The van der Waals surface area contributed by atoms with Crippen molar-refractivity contribution in [3.63, 3.8) is 0 Å². The smallest absolute Gasteiger partial charge is 0.317 e. The van der Waals surface area contributed by atoms with E-state index in [9.17, 15) is 24.5 Å². The number of nitrogens with zero attached hydrogens (tertiary/aromatic N) is 1. The second-order valence-electron chi connectivity index (χ2n) is 6.02. The summed E-state index contributed by atoms with van der Waals surface area (Å²) in [5.41, 5.74) is 0.0282. The van der Waals surface area contributed by atoms with Gasteiger partial charge in [0.05, 0.1) is 17.4 Å². The van der Waals surface area contributed by atoms with E-state index in [2.05, 4.69) is 0 Å². The van der Waals surface area contributed by atoms with E-state index in [1.807, 2.05) is 6.92 Å². The minimum atomic E-state index is -1.36. The minimum Gasteiger partial charge on any atom is -0.463 e. The number of carbonyl (C=O) groups excluding carboxylic acids is 3. The summed E-state index contributed by atoms with van der Waals surface area (Å²) in [6.07, 6.45) is 0.897. The van der Waals surface area contributed by atoms with Crippen LogP contribution in [0.3, 0.4) is 0 Å². The highest BCUT2D eigenvalue weighted by Gasteiger charge is 2.39. The lowest BCUT2D eigenvalue weighted by Crippen LogP contribution is -2.35. The summed E-state index contributed by atoms with van der Waals surface area (Å²) in [5.74, 6) is -4.22. The number of Topliss-reactive ketones (excluding diaryl/α,β-unsaturated/α-hetero) is 2. The number of nitro benzene ring substituents is 1. The summed E-state index contributed by atoms with van der Waals surface area (Å²) in [5, 5.41) is 11.0. The van der Waals surface area contributed by atoms with E-state index in [4.69, 9.17) is 9.47 Å². The van der Waals surface area contributed by atoms with Gasteiger partial charge in [-0.05, 0) is 18.9 Å². The number of ether oxygens (including phenoxy) is 2. The maximum atomic E-state index is 12.5. The molecular formula is C19H25NO7. The molecule has 2 unspecified atom stereocenters. The van der Waals surface area contributed by atoms with Crippen LogP contribution in [0.25, 0.3) is 0 Å². The molecule has 0 heterocycles. The Morgan fingerprint density at radius 2 is 1.85 bits per heavy atom. The lowest BCUT2D eigenvalue weighted by Gasteiger charge is -2.23. The van der Waals surface area contributed by atoms with E-state index in [0.29, 0.717) is 6.61 Å². The van der Waals surface area contributed by atoms with Crippen molar-refractivity contribution in [2.24, 2.45) is 5.92 Å². The average molecular weight is 379 g/mol. The Hall–Kier alpha value is -2.61. The molecule has 0 aliphatic heterocycles. The van der Waals surface area contributed by atoms with E-state index < -0.39 is 28.5 Å². The maximum Gasteiger partial charge on any atom is 0.317 e. The van der Waals surface area contributed by atoms with Crippen LogP contribution in [0.2, 0.25) is 0 Å². The summed E-state index contributed by atoms with van der Waals surface area (Å²) < 4.78 is 10.3. The molecule has 0 amide bonds. The molecule has 1 rings (SSSR count). The van der Waals surface area contributed by atoms with Crippen LogP contribution in [0.5, 0.6) is 0 Å². The van der Waals surface area contributed by atoms with Crippen molar-refractivity contribution < 1.29 is 28.8 Å². The summed E-state index contributed by atoms with van der Waals surface area (Å²) >= 11 is 0. The summed E-state index contributed by atoms with van der Waals surface area (Å²) in [7, 11) is 0. The van der Waals surface area contributed by atoms with Crippen LogP contribution in [0.15, 0.2) is 24.3 Å². The van der Waals surface area contributed by atoms with Crippen LogP contribution >= 0.6 is 0 Å². The third-order valence-electron chi connectivity index (χ3n) is 3.98. The first-order chi connectivity index (χ1) is 12.8. The Morgan fingerprint density at radius 1 is 1.15 bits per heavy atom. The predicted molar refractivity (Wildman–Crippen MR) is 97.4 cm³/mol. The molecule has 2 atom stereocenters. The first-order valence-electron chi connectivity index (χ1n) is 8.85. The number of benzene rings is 1. The van der Waals surface area contributed by atoms with E-state index >= 15 is 0 Å². The highest BCUT2D eigenvalue weighted by atomic mass is 16.6. The predicted octanol–water partition coefficient (Wildman–Crippen LogP) is 2.83. The molecule has 0 saturated carbocycles. The van der Waals surface area contributed by atoms with Crippen LogP contribution < -0.4 is 0 Å². The standard InChI is InChI=1S/C19H25NO7/c1-4-9-26-10-11-27-19(23)17(13(3)21)18(16(22)5-2)14-7-6-8-15(12-14)20(24)25/h6-8,12,17-18H,4-5,9-11H2,1-3H3. The zero-order chi connectivity index (χ0) is 20.4. The molecule has 1 aromatic rings. The van der Waals surface area contributed by atoms with Crippen molar-refractivity contribution in [1.29, 1.82) is 0 Å². The number of hydrogen-bond acceptors (Lipinski definition) is 7. The van der Waals surface area contributed by atoms with Gasteiger partial charge in [-0.3, -0.25) is 24.5 Å². The molecule has 8 heteroatoms. The van der Waals surface area contributed by atoms with Crippen molar-refractivity contribution in [3.05, 3.63) is 39.9 Å². The van der Waals surface area contributed by atoms with Crippen molar-refractivity contribution in [1.82, 2.24) is 0 Å². The fourth-order valence-electron chi connectivity index (χ4n) is 2.69. The lowest BCUT2D eigenvalue weighted by molar-refractivity contribution is -0.384. The Balaban J connectivity index is 3.11. The Morgan fingerprint density at radius 3 is 2.41 bits per heavy atom. The van der Waals surface area contributed by atoms with E-state index in [0.717, 1.165) is 6.42 Å². The molecule has 0 radical (unpaired) electrons. The number of non-ortho nitro benzene ring substituents is 1. The molecule has 148 valence electrons. The zero-order valence-corrected chi connectivity index (χ0v) is 15.8. The van der Waals surface area contributed by atoms with Gasteiger partial charge < -0.3 is 9.47 Å². The van der Waals surface area contributed by atoms with Crippen LogP contribution in [0.1, 0.15) is 45.1 Å². The number of ketones is 2. The van der Waals surface area contributed by atoms with Gasteiger partial charge in [0.2, 0.25) is 0 Å². The van der Waals surface area contributed by atoms with Crippen LogP contribution in [0, 0.1) is 16.0 Å². The quantitative estimate of drug-likeness (QED) is 0.180. The third-order valence-corrected chi connectivity index (χ3v) is 3.98. The Kier molecular flexibility index (Phi) is 9.29. The van der Waals surface area contributed by atoms with Crippen LogP contribution in [-0.4, -0.2) is 42.3 Å². The first-order valence-corrected chi connectivity index (χ1v) is 8.85. The molecule has 8 nitrogen and oxygen atoms in total. The molecule has 0 fully saturated rings. The highest BCUT2D eigenvalue weighted by molar-refractivity contribution is 6.04. The van der Waals surface area contributed by atoms with Gasteiger partial charge in [0.15, 0.2) is 0 Å². The summed E-state index contributed by atoms with van der Waals surface area (Å²) in [6.45, 7) is 5.43. The molecule has 0 spiro atoms. The largest absolute Gasteiger partial charge is 0.463 e. The summed E-state index contributed by atoms with van der Waals surface area (Å²) in [4.78, 5) is 47.6. The number of hydrogen-bond donors (Lipinski definition) is 0. The second-order valence-corrected chi connectivity index (χ2v) is 6.02. The fraction of sp³-hybridized carbons (Fsp3) is 0.526. The van der Waals surface area contributed by atoms with E-state index in [-0.39, 0.29) is 36.7 Å². The maximum absolute atomic E-state index is 12.5. The molecule has 1 aromatic carbocycles. The van der Waals surface area contributed by atoms with E-state index in [1.165, 1.54) is 31.2 Å². The molecule has 0 aliphatic rings. The minimum absolute atomic E-state index is 0.0371. The normalized spacial score (nSPS) is 12.9. The molecule has 0 N–H and O–H groups in total. The number of nitro groups is 1. The average Bonchev–Trinajstić information content (AvgIpc) is 2.64. The fourth-order valence-corrected chi connectivity index (χ4v) is 2.69. The van der Waals surface area contributed by atoms with Gasteiger partial charge in [0.25, 0.3) is 5.69 Å². The summed E-state index contributed by atoms with van der Waals surface area (Å²) in [6, 6.07) is 5.41. The number of esters is 1. The SMILES string of the molecule is CCCOCCOC(=O)C(C(C)=O)C(C(=O)CC)c1cccc([N+](=O)[O-])c1. The van der Waals surface area contributed by atoms with Crippen molar-refractivity contribution in [3.8, 4) is 0 Å². The number of rotatable bonds is 12. The van der Waals surface area contributed by atoms with Crippen molar-refractivity contribution in [2.45, 2.75) is 39.5 Å². The topological polar surface area (TPSA) is 113 Å². The van der Waals surface area contributed by atoms with Gasteiger partial charge in [-0.1, -0.05) is 26.0 Å². The molecule has 0 aliphatic carbocycles. The molecule has 0 saturated heterocycles. The third kappa shape index (κ3) is 6.56. The van der Waals surface area contributed by atoms with E-state index in [1.54, 1.807) is 6.92 Å². The monoisotopic (exact) mass is 379 g/mol. The van der Waals surface area contributed by atoms with Gasteiger partial charge in [0, 0.05) is 25.2 Å². The Bertz CT molecular complexity index is 686. The Labute approximate surface area is 158 Å². The van der Waals surface area contributed by atoms with Crippen LogP contribution in [-0.2, 0) is 23.9 Å². The van der Waals surface area contributed by atoms with Crippen LogP contribution in [0.4, 0.5) is 5.69 Å². The second kappa shape index (κ2) is 11.2. The molecule has 27 heavy (non-hydrogen) atoms. The zero-order valence-electron chi connectivity index (χ0n) is 15.8. The van der Waals surface area contributed by atoms with Gasteiger partial charge in [0.1, 0.15) is 24.1 Å². The molecular weight excluding hydrogens is 354 g/mol. The van der Waals surface area contributed by atoms with Gasteiger partial charge >= 0.3 is 5.97 Å². The van der Waals surface area contributed by atoms with Gasteiger partial charge in [-0.25, -0.2) is 0 Å². The molecule has 0 bridgehead atoms.